The minimum atomic E-state index is -0.309. The first-order valence-electron chi connectivity index (χ1n) is 5.24. The Kier molecular flexibility index (Phi) is 3.33. The molecule has 1 heterocycles. The molecule has 0 amide bonds. The third-order valence-electron chi connectivity index (χ3n) is 2.73. The zero-order valence-electron chi connectivity index (χ0n) is 9.67. The van der Waals surface area contributed by atoms with Crippen molar-refractivity contribution in [1.82, 2.24) is 9.78 Å². The molecule has 5 heteroatoms. The second-order valence-electron chi connectivity index (χ2n) is 3.86. The first-order valence-corrected chi connectivity index (χ1v) is 5.62. The van der Waals surface area contributed by atoms with Crippen LogP contribution in [0.15, 0.2) is 24.4 Å². The van der Waals surface area contributed by atoms with Gasteiger partial charge in [0.1, 0.15) is 5.82 Å². The Hall–Kier alpha value is -1.55. The molecule has 1 N–H and O–H groups in total. The Balaban J connectivity index is 2.12. The average Bonchev–Trinajstić information content (AvgIpc) is 2.62. The van der Waals surface area contributed by atoms with Crippen LogP contribution in [-0.4, -0.2) is 9.78 Å². The van der Waals surface area contributed by atoms with Gasteiger partial charge in [-0.2, -0.15) is 5.10 Å². The third-order valence-corrected chi connectivity index (χ3v) is 2.97. The monoisotopic (exact) mass is 253 g/mol. The molecule has 0 unspecified atom stereocenters. The SMILES string of the molecule is Cc1c(CNc2cc(Cl)ccc2F)cnn1C. The lowest BCUT2D eigenvalue weighted by atomic mass is 10.2. The van der Waals surface area contributed by atoms with Crippen molar-refractivity contribution >= 4 is 17.3 Å². The lowest BCUT2D eigenvalue weighted by Crippen LogP contribution is -2.03. The Morgan fingerprint density at radius 1 is 1.47 bits per heavy atom. The molecule has 0 bridgehead atoms. The van der Waals surface area contributed by atoms with Gasteiger partial charge in [0.25, 0.3) is 0 Å². The highest BCUT2D eigenvalue weighted by atomic mass is 35.5. The molecule has 0 saturated heterocycles. The first-order chi connectivity index (χ1) is 8.08. The molecule has 0 atom stereocenters. The summed E-state index contributed by atoms with van der Waals surface area (Å²) in [5, 5.41) is 7.65. The van der Waals surface area contributed by atoms with Crippen molar-refractivity contribution in [3.63, 3.8) is 0 Å². The van der Waals surface area contributed by atoms with Crippen LogP contribution in [0, 0.1) is 12.7 Å². The second-order valence-corrected chi connectivity index (χ2v) is 4.29. The highest BCUT2D eigenvalue weighted by Gasteiger charge is 2.06. The minimum absolute atomic E-state index is 0.309. The number of hydrogen-bond donors (Lipinski definition) is 1. The lowest BCUT2D eigenvalue weighted by molar-refractivity contribution is 0.630. The Labute approximate surface area is 104 Å². The summed E-state index contributed by atoms with van der Waals surface area (Å²) >= 11 is 5.81. The van der Waals surface area contributed by atoms with Gasteiger partial charge >= 0.3 is 0 Å². The molecule has 3 nitrogen and oxygen atoms in total. The highest BCUT2D eigenvalue weighted by molar-refractivity contribution is 6.30. The lowest BCUT2D eigenvalue weighted by Gasteiger charge is -2.07. The van der Waals surface area contributed by atoms with E-state index in [-0.39, 0.29) is 5.82 Å². The van der Waals surface area contributed by atoms with Crippen LogP contribution in [-0.2, 0) is 13.6 Å². The molecule has 0 aliphatic carbocycles. The van der Waals surface area contributed by atoms with Gasteiger partial charge in [-0.15, -0.1) is 0 Å². The molecule has 0 fully saturated rings. The largest absolute Gasteiger partial charge is 0.378 e. The van der Waals surface area contributed by atoms with Crippen LogP contribution in [0.2, 0.25) is 5.02 Å². The zero-order valence-corrected chi connectivity index (χ0v) is 10.4. The van der Waals surface area contributed by atoms with E-state index in [4.69, 9.17) is 11.6 Å². The van der Waals surface area contributed by atoms with Gasteiger partial charge < -0.3 is 5.32 Å². The molecule has 0 aliphatic heterocycles. The van der Waals surface area contributed by atoms with Crippen molar-refractivity contribution in [2.24, 2.45) is 7.05 Å². The van der Waals surface area contributed by atoms with Gasteiger partial charge in [-0.1, -0.05) is 11.6 Å². The van der Waals surface area contributed by atoms with Crippen molar-refractivity contribution in [2.75, 3.05) is 5.32 Å². The predicted octanol–water partition coefficient (Wildman–Crippen LogP) is 3.13. The van der Waals surface area contributed by atoms with E-state index in [1.54, 1.807) is 16.9 Å². The molecule has 2 rings (SSSR count). The fourth-order valence-corrected chi connectivity index (χ4v) is 1.71. The zero-order chi connectivity index (χ0) is 12.4. The number of nitrogens with one attached hydrogen (secondary N) is 1. The van der Waals surface area contributed by atoms with E-state index in [2.05, 4.69) is 10.4 Å². The Morgan fingerprint density at radius 2 is 2.24 bits per heavy atom. The van der Waals surface area contributed by atoms with Gasteiger partial charge in [0.05, 0.1) is 11.9 Å². The fourth-order valence-electron chi connectivity index (χ4n) is 1.54. The molecule has 0 saturated carbocycles. The summed E-state index contributed by atoms with van der Waals surface area (Å²) in [6.45, 7) is 2.50. The van der Waals surface area contributed by atoms with Crippen LogP contribution in [0.1, 0.15) is 11.3 Å². The van der Waals surface area contributed by atoms with Crippen LogP contribution in [0.4, 0.5) is 10.1 Å². The fraction of sp³-hybridized carbons (Fsp3) is 0.250. The third kappa shape index (κ3) is 2.58. The summed E-state index contributed by atoms with van der Waals surface area (Å²) in [5.41, 5.74) is 2.49. The van der Waals surface area contributed by atoms with Crippen LogP contribution in [0.5, 0.6) is 0 Å². The quantitative estimate of drug-likeness (QED) is 0.911. The van der Waals surface area contributed by atoms with Crippen LogP contribution >= 0.6 is 11.6 Å². The number of anilines is 1. The van der Waals surface area contributed by atoms with Gasteiger partial charge in [0, 0.05) is 29.9 Å². The summed E-state index contributed by atoms with van der Waals surface area (Å²) in [4.78, 5) is 0. The molecule has 2 aromatic rings. The van der Waals surface area contributed by atoms with Crippen LogP contribution < -0.4 is 5.32 Å². The maximum absolute atomic E-state index is 13.4. The normalized spacial score (nSPS) is 10.6. The predicted molar refractivity (Wildman–Crippen MR) is 66.7 cm³/mol. The Morgan fingerprint density at radius 3 is 2.88 bits per heavy atom. The summed E-state index contributed by atoms with van der Waals surface area (Å²) in [7, 11) is 1.87. The number of aromatic nitrogens is 2. The highest BCUT2D eigenvalue weighted by Crippen LogP contribution is 2.20. The van der Waals surface area contributed by atoms with Crippen molar-refractivity contribution in [1.29, 1.82) is 0 Å². The average molecular weight is 254 g/mol. The number of hydrogen-bond acceptors (Lipinski definition) is 2. The number of benzene rings is 1. The smallest absolute Gasteiger partial charge is 0.146 e. The van der Waals surface area contributed by atoms with E-state index >= 15 is 0 Å². The number of aryl methyl sites for hydroxylation is 1. The van der Waals surface area contributed by atoms with E-state index in [0.29, 0.717) is 17.3 Å². The minimum Gasteiger partial charge on any atom is -0.378 e. The topological polar surface area (TPSA) is 29.9 Å². The maximum atomic E-state index is 13.4. The molecule has 17 heavy (non-hydrogen) atoms. The van der Waals surface area contributed by atoms with Crippen molar-refractivity contribution < 1.29 is 4.39 Å². The molecule has 0 radical (unpaired) electrons. The van der Waals surface area contributed by atoms with Crippen LogP contribution in [0.3, 0.4) is 0 Å². The summed E-state index contributed by atoms with van der Waals surface area (Å²) in [5.74, 6) is -0.309. The molecule has 1 aromatic heterocycles. The van der Waals surface area contributed by atoms with Gasteiger partial charge in [-0.25, -0.2) is 4.39 Å². The van der Waals surface area contributed by atoms with Gasteiger partial charge in [0.2, 0.25) is 0 Å². The number of halogens is 2. The number of nitrogens with zero attached hydrogens (tertiary/aromatic N) is 2. The molecule has 0 spiro atoms. The molecule has 1 aromatic carbocycles. The van der Waals surface area contributed by atoms with Crippen LogP contribution in [0.25, 0.3) is 0 Å². The van der Waals surface area contributed by atoms with Crippen molar-refractivity contribution in [2.45, 2.75) is 13.5 Å². The van der Waals surface area contributed by atoms with E-state index in [1.165, 1.54) is 12.1 Å². The molecular formula is C12H13ClFN3. The summed E-state index contributed by atoms with van der Waals surface area (Å²) < 4.78 is 15.2. The number of rotatable bonds is 3. The van der Waals surface area contributed by atoms with E-state index in [1.807, 2.05) is 14.0 Å². The second kappa shape index (κ2) is 4.75. The summed E-state index contributed by atoms with van der Waals surface area (Å²) in [6.07, 6.45) is 1.77. The van der Waals surface area contributed by atoms with E-state index in [9.17, 15) is 4.39 Å². The first kappa shape index (κ1) is 11.9. The standard InChI is InChI=1S/C12H13ClFN3/c1-8-9(7-16-17(8)2)6-15-12-5-10(13)3-4-11(12)14/h3-5,7,15H,6H2,1-2H3. The molecular weight excluding hydrogens is 241 g/mol. The molecule has 0 aliphatic rings. The molecule has 90 valence electrons. The van der Waals surface area contributed by atoms with Crippen molar-refractivity contribution in [3.05, 3.63) is 46.5 Å². The Bertz CT molecular complexity index is 537. The van der Waals surface area contributed by atoms with Gasteiger partial charge in [0.15, 0.2) is 0 Å². The van der Waals surface area contributed by atoms with Gasteiger partial charge in [-0.05, 0) is 25.1 Å². The van der Waals surface area contributed by atoms with Crippen molar-refractivity contribution in [3.8, 4) is 0 Å². The van der Waals surface area contributed by atoms with Gasteiger partial charge in [-0.3, -0.25) is 4.68 Å². The van der Waals surface area contributed by atoms with E-state index < -0.39 is 0 Å². The maximum Gasteiger partial charge on any atom is 0.146 e. The van der Waals surface area contributed by atoms with E-state index in [0.717, 1.165) is 11.3 Å². The summed E-state index contributed by atoms with van der Waals surface area (Å²) in [6, 6.07) is 4.45.